The van der Waals surface area contributed by atoms with E-state index in [-0.39, 0.29) is 0 Å². The summed E-state index contributed by atoms with van der Waals surface area (Å²) in [6, 6.07) is 17.7. The highest BCUT2D eigenvalue weighted by molar-refractivity contribution is 5.63. The molecule has 1 aromatic heterocycles. The fraction of sp³-hybridized carbons (Fsp3) is 0.0667. The van der Waals surface area contributed by atoms with E-state index in [0.29, 0.717) is 0 Å². The summed E-state index contributed by atoms with van der Waals surface area (Å²) in [4.78, 5) is 0. The van der Waals surface area contributed by atoms with Gasteiger partial charge in [-0.05, 0) is 31.2 Å². The Morgan fingerprint density at radius 2 is 1.74 bits per heavy atom. The van der Waals surface area contributed by atoms with Crippen molar-refractivity contribution in [2.24, 2.45) is 0 Å². The summed E-state index contributed by atoms with van der Waals surface area (Å²) in [7, 11) is 0. The number of rotatable bonds is 2. The van der Waals surface area contributed by atoms with Gasteiger partial charge in [-0.1, -0.05) is 30.3 Å². The summed E-state index contributed by atoms with van der Waals surface area (Å²) in [6.45, 7) is 1.94. The molecule has 0 spiro atoms. The van der Waals surface area contributed by atoms with E-state index < -0.39 is 0 Å². The van der Waals surface area contributed by atoms with Crippen molar-refractivity contribution in [1.82, 2.24) is 14.8 Å². The average Bonchev–Trinajstić information content (AvgIpc) is 2.82. The minimum Gasteiger partial charge on any atom is -0.399 e. The maximum absolute atomic E-state index is 5.83. The maximum atomic E-state index is 5.83. The van der Waals surface area contributed by atoms with Gasteiger partial charge >= 0.3 is 0 Å². The van der Waals surface area contributed by atoms with Crippen LogP contribution in [0.2, 0.25) is 0 Å². The lowest BCUT2D eigenvalue weighted by Crippen LogP contribution is -1.99. The number of nitrogens with two attached hydrogens (primary N) is 1. The van der Waals surface area contributed by atoms with Gasteiger partial charge in [0.1, 0.15) is 5.82 Å². The van der Waals surface area contributed by atoms with Crippen LogP contribution in [0.25, 0.3) is 17.1 Å². The lowest BCUT2D eigenvalue weighted by atomic mass is 10.2. The van der Waals surface area contributed by atoms with Crippen LogP contribution in [-0.4, -0.2) is 14.8 Å². The van der Waals surface area contributed by atoms with Crippen molar-refractivity contribution in [2.45, 2.75) is 6.92 Å². The van der Waals surface area contributed by atoms with E-state index in [1.165, 1.54) is 0 Å². The predicted octanol–water partition coefficient (Wildman–Crippen LogP) is 2.82. The molecule has 2 N–H and O–H groups in total. The van der Waals surface area contributed by atoms with E-state index in [9.17, 15) is 0 Å². The smallest absolute Gasteiger partial charge is 0.168 e. The molecule has 0 aliphatic carbocycles. The molecule has 4 heteroatoms. The highest BCUT2D eigenvalue weighted by atomic mass is 15.3. The monoisotopic (exact) mass is 250 g/mol. The van der Waals surface area contributed by atoms with Gasteiger partial charge in [-0.3, -0.25) is 4.57 Å². The van der Waals surface area contributed by atoms with Gasteiger partial charge in [-0.2, -0.15) is 0 Å². The van der Waals surface area contributed by atoms with Crippen LogP contribution in [-0.2, 0) is 0 Å². The van der Waals surface area contributed by atoms with Gasteiger partial charge < -0.3 is 5.73 Å². The standard InChI is InChI=1S/C15H14N4/c1-11-17-18-15(12-6-5-7-13(16)10-12)19(11)14-8-3-2-4-9-14/h2-10H,16H2,1H3. The maximum Gasteiger partial charge on any atom is 0.168 e. The third-order valence-corrected chi connectivity index (χ3v) is 2.98. The first-order chi connectivity index (χ1) is 9.25. The molecule has 19 heavy (non-hydrogen) atoms. The lowest BCUT2D eigenvalue weighted by Gasteiger charge is -2.08. The first-order valence-electron chi connectivity index (χ1n) is 6.09. The minimum atomic E-state index is 0.720. The number of nitrogen functional groups attached to an aromatic ring is 1. The highest BCUT2D eigenvalue weighted by Crippen LogP contribution is 2.23. The zero-order chi connectivity index (χ0) is 13.2. The van der Waals surface area contributed by atoms with Crippen molar-refractivity contribution in [2.75, 3.05) is 5.73 Å². The number of nitrogens with zero attached hydrogens (tertiary/aromatic N) is 3. The second-order valence-electron chi connectivity index (χ2n) is 4.37. The number of hydrogen-bond acceptors (Lipinski definition) is 3. The molecule has 0 atom stereocenters. The van der Waals surface area contributed by atoms with E-state index in [2.05, 4.69) is 10.2 Å². The number of anilines is 1. The Morgan fingerprint density at radius 1 is 0.947 bits per heavy atom. The van der Waals surface area contributed by atoms with Gasteiger partial charge in [0.15, 0.2) is 5.82 Å². The van der Waals surface area contributed by atoms with E-state index >= 15 is 0 Å². The van der Waals surface area contributed by atoms with Crippen LogP contribution in [0.1, 0.15) is 5.82 Å². The second kappa shape index (κ2) is 4.57. The topological polar surface area (TPSA) is 56.7 Å². The van der Waals surface area contributed by atoms with Crippen molar-refractivity contribution >= 4 is 5.69 Å². The number of hydrogen-bond donors (Lipinski definition) is 1. The highest BCUT2D eigenvalue weighted by Gasteiger charge is 2.12. The molecule has 4 nitrogen and oxygen atoms in total. The normalized spacial score (nSPS) is 10.6. The molecule has 0 saturated heterocycles. The van der Waals surface area contributed by atoms with Crippen molar-refractivity contribution in [1.29, 1.82) is 0 Å². The average molecular weight is 250 g/mol. The molecule has 1 heterocycles. The molecule has 0 radical (unpaired) electrons. The van der Waals surface area contributed by atoms with Crippen LogP contribution in [0.5, 0.6) is 0 Å². The fourth-order valence-corrected chi connectivity index (χ4v) is 2.11. The Bertz CT molecular complexity index is 701. The van der Waals surface area contributed by atoms with Gasteiger partial charge in [0, 0.05) is 16.9 Å². The van der Waals surface area contributed by atoms with Crippen LogP contribution in [0.4, 0.5) is 5.69 Å². The van der Waals surface area contributed by atoms with Crippen molar-refractivity contribution in [3.05, 3.63) is 60.4 Å². The van der Waals surface area contributed by atoms with E-state index in [4.69, 9.17) is 5.73 Å². The Kier molecular flexibility index (Phi) is 2.76. The molecule has 0 aliphatic heterocycles. The van der Waals surface area contributed by atoms with Gasteiger partial charge in [0.25, 0.3) is 0 Å². The predicted molar refractivity (Wildman–Crippen MR) is 75.9 cm³/mol. The molecule has 0 unspecified atom stereocenters. The largest absolute Gasteiger partial charge is 0.399 e. The summed E-state index contributed by atoms with van der Waals surface area (Å²) in [5.41, 5.74) is 8.56. The fourth-order valence-electron chi connectivity index (χ4n) is 2.11. The summed E-state index contributed by atoms with van der Waals surface area (Å²) < 4.78 is 2.02. The first-order valence-corrected chi connectivity index (χ1v) is 6.09. The Hall–Kier alpha value is -2.62. The van der Waals surface area contributed by atoms with Crippen molar-refractivity contribution in [3.8, 4) is 17.1 Å². The first kappa shape index (κ1) is 11.5. The van der Waals surface area contributed by atoms with Gasteiger partial charge in [0.2, 0.25) is 0 Å². The molecule has 94 valence electrons. The summed E-state index contributed by atoms with van der Waals surface area (Å²) in [5, 5.41) is 8.43. The third kappa shape index (κ3) is 2.08. The minimum absolute atomic E-state index is 0.720. The molecular weight excluding hydrogens is 236 g/mol. The Morgan fingerprint density at radius 3 is 2.47 bits per heavy atom. The number of para-hydroxylation sites is 1. The SMILES string of the molecule is Cc1nnc(-c2cccc(N)c2)n1-c1ccccc1. The summed E-state index contributed by atoms with van der Waals surface area (Å²) in [6.07, 6.45) is 0. The quantitative estimate of drug-likeness (QED) is 0.711. The van der Waals surface area contributed by atoms with Gasteiger partial charge in [-0.15, -0.1) is 10.2 Å². The second-order valence-corrected chi connectivity index (χ2v) is 4.37. The molecule has 3 rings (SSSR count). The Balaban J connectivity index is 2.19. The van der Waals surface area contributed by atoms with Crippen LogP contribution < -0.4 is 5.73 Å². The molecular formula is C15H14N4. The molecule has 0 aliphatic rings. The lowest BCUT2D eigenvalue weighted by molar-refractivity contribution is 0.972. The van der Waals surface area contributed by atoms with Gasteiger partial charge in [-0.25, -0.2) is 0 Å². The van der Waals surface area contributed by atoms with Crippen LogP contribution >= 0.6 is 0 Å². The number of aryl methyl sites for hydroxylation is 1. The van der Waals surface area contributed by atoms with E-state index in [1.807, 2.05) is 66.1 Å². The number of aromatic nitrogens is 3. The molecule has 0 bridgehead atoms. The van der Waals surface area contributed by atoms with Gasteiger partial charge in [0.05, 0.1) is 0 Å². The molecule has 0 fully saturated rings. The number of benzene rings is 2. The molecule has 2 aromatic carbocycles. The molecule has 3 aromatic rings. The molecule has 0 amide bonds. The van der Waals surface area contributed by atoms with Crippen LogP contribution in [0, 0.1) is 6.92 Å². The van der Waals surface area contributed by atoms with Crippen molar-refractivity contribution in [3.63, 3.8) is 0 Å². The van der Waals surface area contributed by atoms with E-state index in [1.54, 1.807) is 0 Å². The Labute approximate surface area is 111 Å². The third-order valence-electron chi connectivity index (χ3n) is 2.98. The zero-order valence-corrected chi connectivity index (χ0v) is 10.6. The zero-order valence-electron chi connectivity index (χ0n) is 10.6. The van der Waals surface area contributed by atoms with E-state index in [0.717, 1.165) is 28.6 Å². The van der Waals surface area contributed by atoms with Crippen LogP contribution in [0.3, 0.4) is 0 Å². The van der Waals surface area contributed by atoms with Crippen LogP contribution in [0.15, 0.2) is 54.6 Å². The summed E-state index contributed by atoms with van der Waals surface area (Å²) >= 11 is 0. The summed E-state index contributed by atoms with van der Waals surface area (Å²) in [5.74, 6) is 1.65. The molecule has 0 saturated carbocycles. The van der Waals surface area contributed by atoms with Crippen molar-refractivity contribution < 1.29 is 0 Å².